The Kier molecular flexibility index (Phi) is 4.18. The van der Waals surface area contributed by atoms with Crippen LogP contribution in [0, 0.1) is 6.92 Å². The van der Waals surface area contributed by atoms with Crippen LogP contribution < -0.4 is 4.72 Å². The maximum absolute atomic E-state index is 12.7. The molecule has 0 spiro atoms. The Morgan fingerprint density at radius 2 is 1.69 bits per heavy atom. The summed E-state index contributed by atoms with van der Waals surface area (Å²) in [6.45, 7) is 1.91. The second-order valence-electron chi connectivity index (χ2n) is 5.83. The minimum absolute atomic E-state index is 0.203. The first-order valence-electron chi connectivity index (χ1n) is 7.92. The molecule has 2 aromatic heterocycles. The molecule has 0 aliphatic carbocycles. The lowest BCUT2D eigenvalue weighted by Crippen LogP contribution is -2.14. The zero-order chi connectivity index (χ0) is 18.1. The van der Waals surface area contributed by atoms with Gasteiger partial charge < -0.3 is 0 Å². The van der Waals surface area contributed by atoms with E-state index in [-0.39, 0.29) is 4.90 Å². The average molecular weight is 381 g/mol. The highest BCUT2D eigenvalue weighted by Gasteiger charge is 2.18. The predicted octanol–water partition coefficient (Wildman–Crippen LogP) is 4.47. The quantitative estimate of drug-likeness (QED) is 0.566. The van der Waals surface area contributed by atoms with Crippen molar-refractivity contribution in [2.75, 3.05) is 4.72 Å². The largest absolute Gasteiger partial charge is 0.263 e. The maximum Gasteiger partial charge on any atom is 0.263 e. The zero-order valence-electron chi connectivity index (χ0n) is 13.9. The molecule has 26 heavy (non-hydrogen) atoms. The lowest BCUT2D eigenvalue weighted by Gasteiger charge is -2.08. The molecule has 0 bridgehead atoms. The van der Waals surface area contributed by atoms with Gasteiger partial charge in [0.15, 0.2) is 5.82 Å². The van der Waals surface area contributed by atoms with Gasteiger partial charge in [-0.1, -0.05) is 48.0 Å². The van der Waals surface area contributed by atoms with Crippen LogP contribution in [-0.4, -0.2) is 18.4 Å². The summed E-state index contributed by atoms with van der Waals surface area (Å²) < 4.78 is 28.6. The first-order valence-corrected chi connectivity index (χ1v) is 10.2. The molecule has 0 amide bonds. The number of thiophene rings is 1. The van der Waals surface area contributed by atoms with Crippen LogP contribution in [0.3, 0.4) is 0 Å². The molecule has 0 fully saturated rings. The smallest absolute Gasteiger partial charge is 0.262 e. The Morgan fingerprint density at radius 1 is 0.962 bits per heavy atom. The third kappa shape index (κ3) is 3.18. The Balaban J connectivity index is 1.75. The Hall–Kier alpha value is -2.77. The van der Waals surface area contributed by atoms with Gasteiger partial charge in [0.1, 0.15) is 6.33 Å². The number of sulfonamides is 1. The summed E-state index contributed by atoms with van der Waals surface area (Å²) in [6.07, 6.45) is 1.37. The fourth-order valence-electron chi connectivity index (χ4n) is 2.58. The highest BCUT2D eigenvalue weighted by Crippen LogP contribution is 2.36. The van der Waals surface area contributed by atoms with Gasteiger partial charge in [-0.05, 0) is 30.7 Å². The predicted molar refractivity (Wildman–Crippen MR) is 105 cm³/mol. The molecule has 0 aliphatic rings. The van der Waals surface area contributed by atoms with Crippen molar-refractivity contribution in [3.63, 3.8) is 0 Å². The van der Waals surface area contributed by atoms with E-state index in [1.54, 1.807) is 24.3 Å². The van der Waals surface area contributed by atoms with E-state index in [4.69, 9.17) is 0 Å². The first kappa shape index (κ1) is 16.7. The summed E-state index contributed by atoms with van der Waals surface area (Å²) in [5, 5.41) is 0. The van der Waals surface area contributed by atoms with Crippen molar-refractivity contribution in [3.8, 4) is 10.4 Å². The third-order valence-electron chi connectivity index (χ3n) is 3.93. The van der Waals surface area contributed by atoms with Crippen molar-refractivity contribution in [2.24, 2.45) is 0 Å². The van der Waals surface area contributed by atoms with Gasteiger partial charge in [0.05, 0.1) is 15.1 Å². The summed E-state index contributed by atoms with van der Waals surface area (Å²) in [4.78, 5) is 9.63. The van der Waals surface area contributed by atoms with Crippen molar-refractivity contribution in [1.82, 2.24) is 9.97 Å². The Labute approximate surface area is 155 Å². The number of nitrogens with one attached hydrogen (secondary N) is 1. The zero-order valence-corrected chi connectivity index (χ0v) is 15.5. The molecule has 4 rings (SSSR count). The number of aromatic nitrogens is 2. The highest BCUT2D eigenvalue weighted by atomic mass is 32.2. The summed E-state index contributed by atoms with van der Waals surface area (Å²) >= 11 is 1.46. The van der Waals surface area contributed by atoms with Crippen LogP contribution in [0.15, 0.2) is 71.9 Å². The fraction of sp³-hybridized carbons (Fsp3) is 0.0526. The number of nitrogens with zero attached hydrogens (tertiary/aromatic N) is 2. The van der Waals surface area contributed by atoms with Gasteiger partial charge in [-0.15, -0.1) is 11.3 Å². The van der Waals surface area contributed by atoms with E-state index in [0.29, 0.717) is 16.0 Å². The number of aryl methyl sites for hydroxylation is 1. The topological polar surface area (TPSA) is 72.0 Å². The number of hydrogen-bond donors (Lipinski definition) is 1. The normalized spacial score (nSPS) is 11.6. The lowest BCUT2D eigenvalue weighted by molar-refractivity contribution is 0.601. The molecule has 5 nitrogen and oxygen atoms in total. The summed E-state index contributed by atoms with van der Waals surface area (Å²) in [7, 11) is -3.71. The second kappa shape index (κ2) is 6.51. The van der Waals surface area contributed by atoms with E-state index in [1.807, 2.05) is 43.3 Å². The van der Waals surface area contributed by atoms with Crippen molar-refractivity contribution in [2.45, 2.75) is 11.8 Å². The molecule has 130 valence electrons. The van der Waals surface area contributed by atoms with Crippen LogP contribution in [-0.2, 0) is 10.0 Å². The molecule has 0 unspecified atom stereocenters. The first-order chi connectivity index (χ1) is 12.5. The van der Waals surface area contributed by atoms with E-state index in [1.165, 1.54) is 17.7 Å². The number of benzene rings is 2. The molecule has 0 saturated carbocycles. The van der Waals surface area contributed by atoms with Crippen LogP contribution >= 0.6 is 11.3 Å². The third-order valence-corrected chi connectivity index (χ3v) is 6.47. The molecule has 1 N–H and O–H groups in total. The van der Waals surface area contributed by atoms with Crippen LogP contribution in [0.2, 0.25) is 0 Å². The van der Waals surface area contributed by atoms with Crippen LogP contribution in [0.1, 0.15) is 5.56 Å². The van der Waals surface area contributed by atoms with Gasteiger partial charge in [0.25, 0.3) is 10.0 Å². The molecular weight excluding hydrogens is 366 g/mol. The lowest BCUT2D eigenvalue weighted by atomic mass is 10.2. The van der Waals surface area contributed by atoms with E-state index >= 15 is 0 Å². The van der Waals surface area contributed by atoms with Gasteiger partial charge in [-0.2, -0.15) is 0 Å². The van der Waals surface area contributed by atoms with Crippen molar-refractivity contribution >= 4 is 37.4 Å². The van der Waals surface area contributed by atoms with Crippen molar-refractivity contribution in [3.05, 3.63) is 72.6 Å². The van der Waals surface area contributed by atoms with E-state index < -0.39 is 10.0 Å². The van der Waals surface area contributed by atoms with Gasteiger partial charge in [-0.3, -0.25) is 4.72 Å². The average Bonchev–Trinajstić information content (AvgIpc) is 3.08. The Bertz CT molecular complexity index is 1170. The van der Waals surface area contributed by atoms with Gasteiger partial charge in [0, 0.05) is 4.88 Å². The maximum atomic E-state index is 12.7. The summed E-state index contributed by atoms with van der Waals surface area (Å²) in [5.74, 6) is 0.294. The fourth-order valence-corrected chi connectivity index (χ4v) is 4.72. The van der Waals surface area contributed by atoms with Crippen molar-refractivity contribution < 1.29 is 8.42 Å². The molecule has 2 aromatic carbocycles. The van der Waals surface area contributed by atoms with E-state index in [2.05, 4.69) is 14.7 Å². The van der Waals surface area contributed by atoms with E-state index in [0.717, 1.165) is 16.0 Å². The van der Waals surface area contributed by atoms with Crippen LogP contribution in [0.4, 0.5) is 5.82 Å². The standard InChI is InChI=1S/C19H15N3O2S2/c1-13-7-9-15(10-8-13)26(23,24)22-19-18-16(20-12-21-19)11-17(25-18)14-5-3-2-4-6-14/h2-12H,1H3,(H,20,21,22). The van der Waals surface area contributed by atoms with Gasteiger partial charge in [0.2, 0.25) is 0 Å². The van der Waals surface area contributed by atoms with Gasteiger partial charge >= 0.3 is 0 Å². The van der Waals surface area contributed by atoms with Crippen LogP contribution in [0.25, 0.3) is 20.7 Å². The molecule has 0 atom stereocenters. The number of rotatable bonds is 4. The SMILES string of the molecule is Cc1ccc(S(=O)(=O)Nc2ncnc3cc(-c4ccccc4)sc23)cc1. The Morgan fingerprint density at radius 3 is 2.42 bits per heavy atom. The molecule has 0 aliphatic heterocycles. The van der Waals surface area contributed by atoms with E-state index in [9.17, 15) is 8.42 Å². The molecular formula is C19H15N3O2S2. The summed E-state index contributed by atoms with van der Waals surface area (Å²) in [5.41, 5.74) is 2.77. The second-order valence-corrected chi connectivity index (χ2v) is 8.57. The monoisotopic (exact) mass is 381 g/mol. The number of fused-ring (bicyclic) bond motifs is 1. The minimum atomic E-state index is -3.71. The minimum Gasteiger partial charge on any atom is -0.262 e. The molecule has 2 heterocycles. The summed E-state index contributed by atoms with van der Waals surface area (Å²) in [6, 6.07) is 18.5. The molecule has 0 radical (unpaired) electrons. The number of anilines is 1. The highest BCUT2D eigenvalue weighted by molar-refractivity contribution is 7.92. The molecule has 4 aromatic rings. The van der Waals surface area contributed by atoms with Crippen molar-refractivity contribution in [1.29, 1.82) is 0 Å². The molecule has 7 heteroatoms. The molecule has 0 saturated heterocycles. The van der Waals surface area contributed by atoms with Crippen LogP contribution in [0.5, 0.6) is 0 Å². The number of hydrogen-bond acceptors (Lipinski definition) is 5. The van der Waals surface area contributed by atoms with Gasteiger partial charge in [-0.25, -0.2) is 18.4 Å².